The minimum atomic E-state index is 0.134. The molecule has 0 spiro atoms. The Morgan fingerprint density at radius 2 is 1.91 bits per heavy atom. The van der Waals surface area contributed by atoms with Crippen molar-refractivity contribution in [3.63, 3.8) is 0 Å². The van der Waals surface area contributed by atoms with E-state index in [2.05, 4.69) is 32.7 Å². The summed E-state index contributed by atoms with van der Waals surface area (Å²) in [4.78, 5) is 0. The molecule has 0 bridgehead atoms. The smallest absolute Gasteiger partial charge is 0.113 e. The molecule has 0 aliphatic rings. The van der Waals surface area contributed by atoms with Gasteiger partial charge in [-0.3, -0.25) is 0 Å². The summed E-state index contributed by atoms with van der Waals surface area (Å²) in [5.41, 5.74) is 0. The van der Waals surface area contributed by atoms with Gasteiger partial charge in [0, 0.05) is 5.75 Å². The lowest BCUT2D eigenvalue weighted by Gasteiger charge is -2.24. The molecular weight excluding hydrogens is 212 g/mol. The first-order chi connectivity index (χ1) is 5.18. The van der Waals surface area contributed by atoms with Gasteiger partial charge in [-0.1, -0.05) is 13.8 Å². The minimum absolute atomic E-state index is 0.134. The van der Waals surface area contributed by atoms with Crippen molar-refractivity contribution in [1.29, 1.82) is 0 Å². The summed E-state index contributed by atoms with van der Waals surface area (Å²) in [6.45, 7) is 4.37. The standard InChI is InChI=1S/C7H16S4/c1-4-10-6-7(8,9-3)11-5-2/h8H,4-6H2,1-3H3. The van der Waals surface area contributed by atoms with Gasteiger partial charge in [0.1, 0.15) is 3.41 Å². The molecule has 0 rings (SSSR count). The summed E-state index contributed by atoms with van der Waals surface area (Å²) in [6.07, 6.45) is 2.13. The van der Waals surface area contributed by atoms with Crippen LogP contribution < -0.4 is 0 Å². The highest BCUT2D eigenvalue weighted by molar-refractivity contribution is 8.30. The van der Waals surface area contributed by atoms with Crippen molar-refractivity contribution in [1.82, 2.24) is 0 Å². The molecule has 11 heavy (non-hydrogen) atoms. The summed E-state index contributed by atoms with van der Waals surface area (Å²) < 4.78 is 0.134. The molecule has 4 heteroatoms. The van der Waals surface area contributed by atoms with Gasteiger partial charge in [0.05, 0.1) is 0 Å². The molecule has 0 radical (unpaired) electrons. The summed E-state index contributed by atoms with van der Waals surface area (Å²) in [7, 11) is 0. The third-order valence-corrected chi connectivity index (χ3v) is 6.42. The zero-order valence-electron chi connectivity index (χ0n) is 7.29. The first-order valence-corrected chi connectivity index (χ1v) is 7.49. The van der Waals surface area contributed by atoms with Crippen molar-refractivity contribution < 1.29 is 0 Å². The van der Waals surface area contributed by atoms with Crippen LogP contribution in [0.5, 0.6) is 0 Å². The van der Waals surface area contributed by atoms with Gasteiger partial charge >= 0.3 is 0 Å². The van der Waals surface area contributed by atoms with E-state index in [0.29, 0.717) is 0 Å². The van der Waals surface area contributed by atoms with Crippen LogP contribution in [0.15, 0.2) is 0 Å². The second-order valence-corrected chi connectivity index (χ2v) is 7.56. The number of rotatable bonds is 6. The largest absolute Gasteiger partial charge is 0.159 e. The molecule has 0 aromatic heterocycles. The maximum Gasteiger partial charge on any atom is 0.113 e. The van der Waals surface area contributed by atoms with Crippen LogP contribution in [0, 0.1) is 0 Å². The van der Waals surface area contributed by atoms with E-state index in [4.69, 9.17) is 0 Å². The fourth-order valence-corrected chi connectivity index (χ4v) is 4.32. The number of thioether (sulfide) groups is 3. The van der Waals surface area contributed by atoms with Gasteiger partial charge in [0.25, 0.3) is 0 Å². The quantitative estimate of drug-likeness (QED) is 0.547. The second kappa shape index (κ2) is 6.87. The maximum absolute atomic E-state index is 4.64. The zero-order chi connectivity index (χ0) is 8.74. The topological polar surface area (TPSA) is 0 Å². The lowest BCUT2D eigenvalue weighted by Crippen LogP contribution is -2.15. The van der Waals surface area contributed by atoms with Crippen molar-refractivity contribution in [3.05, 3.63) is 0 Å². The Morgan fingerprint density at radius 1 is 1.27 bits per heavy atom. The van der Waals surface area contributed by atoms with E-state index in [9.17, 15) is 0 Å². The van der Waals surface area contributed by atoms with E-state index in [1.54, 1.807) is 0 Å². The average molecular weight is 228 g/mol. The van der Waals surface area contributed by atoms with E-state index in [1.165, 1.54) is 5.75 Å². The molecule has 0 nitrogen and oxygen atoms in total. The molecule has 0 aliphatic carbocycles. The minimum Gasteiger partial charge on any atom is -0.159 e. The Kier molecular flexibility index (Phi) is 7.74. The van der Waals surface area contributed by atoms with Gasteiger partial charge in [-0.2, -0.15) is 24.4 Å². The molecule has 1 atom stereocenters. The van der Waals surface area contributed by atoms with Crippen LogP contribution >= 0.6 is 47.9 Å². The summed E-state index contributed by atoms with van der Waals surface area (Å²) in [6, 6.07) is 0. The molecule has 1 unspecified atom stereocenters. The highest BCUT2D eigenvalue weighted by Crippen LogP contribution is 2.41. The number of hydrogen-bond donors (Lipinski definition) is 1. The van der Waals surface area contributed by atoms with Crippen molar-refractivity contribution >= 4 is 47.9 Å². The Bertz CT molecular complexity index is 96.4. The SMILES string of the molecule is CCSCC(S)(SC)SCC. The molecule has 68 valence electrons. The molecule has 0 aliphatic heterocycles. The van der Waals surface area contributed by atoms with Crippen LogP contribution in [-0.4, -0.2) is 26.9 Å². The van der Waals surface area contributed by atoms with Crippen LogP contribution in [0.25, 0.3) is 0 Å². The van der Waals surface area contributed by atoms with E-state index >= 15 is 0 Å². The number of thiol groups is 1. The van der Waals surface area contributed by atoms with Crippen LogP contribution in [0.4, 0.5) is 0 Å². The Labute approximate surface area is 88.5 Å². The lowest BCUT2D eigenvalue weighted by atomic mass is 10.9. The van der Waals surface area contributed by atoms with Gasteiger partial charge in [0.15, 0.2) is 0 Å². The molecule has 0 fully saturated rings. The van der Waals surface area contributed by atoms with Gasteiger partial charge in [-0.05, 0) is 17.8 Å². The molecule has 0 heterocycles. The monoisotopic (exact) mass is 228 g/mol. The molecule has 0 saturated heterocycles. The molecule has 0 aromatic rings. The van der Waals surface area contributed by atoms with Gasteiger partial charge in [-0.15, -0.1) is 23.5 Å². The predicted molar refractivity (Wildman–Crippen MR) is 66.4 cm³/mol. The summed E-state index contributed by atoms with van der Waals surface area (Å²) in [5.74, 6) is 3.47. The van der Waals surface area contributed by atoms with E-state index in [-0.39, 0.29) is 3.41 Å². The molecule has 0 aromatic carbocycles. The first-order valence-electron chi connectivity index (χ1n) is 3.67. The summed E-state index contributed by atoms with van der Waals surface area (Å²) in [5, 5.41) is 0. The van der Waals surface area contributed by atoms with Crippen LogP contribution in [0.3, 0.4) is 0 Å². The fourth-order valence-electron chi connectivity index (χ4n) is 0.616. The first kappa shape index (κ1) is 12.4. The van der Waals surface area contributed by atoms with Gasteiger partial charge in [0.2, 0.25) is 0 Å². The van der Waals surface area contributed by atoms with Crippen molar-refractivity contribution in [2.24, 2.45) is 0 Å². The maximum atomic E-state index is 4.64. The molecule has 0 N–H and O–H groups in total. The van der Waals surface area contributed by atoms with E-state index in [0.717, 1.165) is 11.5 Å². The Hall–Kier alpha value is 1.40. The van der Waals surface area contributed by atoms with Gasteiger partial charge < -0.3 is 0 Å². The highest BCUT2D eigenvalue weighted by atomic mass is 32.3. The third-order valence-electron chi connectivity index (χ3n) is 1.18. The Balaban J connectivity index is 3.68. The van der Waals surface area contributed by atoms with Crippen LogP contribution in [0.2, 0.25) is 0 Å². The molecule has 0 saturated carbocycles. The van der Waals surface area contributed by atoms with Crippen LogP contribution in [-0.2, 0) is 0 Å². The molecular formula is C7H16S4. The van der Waals surface area contributed by atoms with Crippen molar-refractivity contribution in [2.45, 2.75) is 17.3 Å². The second-order valence-electron chi connectivity index (χ2n) is 1.99. The highest BCUT2D eigenvalue weighted by Gasteiger charge is 2.23. The van der Waals surface area contributed by atoms with Gasteiger partial charge in [-0.25, -0.2) is 0 Å². The fraction of sp³-hybridized carbons (Fsp3) is 1.00. The predicted octanol–water partition coefficient (Wildman–Crippen LogP) is 3.44. The summed E-state index contributed by atoms with van der Waals surface area (Å²) >= 11 is 10.4. The van der Waals surface area contributed by atoms with E-state index in [1.807, 2.05) is 35.3 Å². The average Bonchev–Trinajstić information content (AvgIpc) is 2.02. The molecule has 0 amide bonds. The zero-order valence-corrected chi connectivity index (χ0v) is 10.6. The lowest BCUT2D eigenvalue weighted by molar-refractivity contribution is 1.33. The van der Waals surface area contributed by atoms with Crippen molar-refractivity contribution in [3.8, 4) is 0 Å². The number of hydrogen-bond acceptors (Lipinski definition) is 4. The van der Waals surface area contributed by atoms with Crippen LogP contribution in [0.1, 0.15) is 13.8 Å². The Morgan fingerprint density at radius 3 is 2.27 bits per heavy atom. The van der Waals surface area contributed by atoms with Crippen molar-refractivity contribution in [2.75, 3.05) is 23.5 Å². The van der Waals surface area contributed by atoms with E-state index < -0.39 is 0 Å². The normalized spacial score (nSPS) is 16.4. The third kappa shape index (κ3) is 5.61.